The Labute approximate surface area is 309 Å². The topological polar surface area (TPSA) is 4.93 Å². The van der Waals surface area contributed by atoms with Gasteiger partial charge in [0.1, 0.15) is 0 Å². The molecule has 53 heavy (non-hydrogen) atoms. The van der Waals surface area contributed by atoms with Gasteiger partial charge in [-0.05, 0) is 90.3 Å². The molecule has 1 heteroatoms. The van der Waals surface area contributed by atoms with Crippen LogP contribution in [0.2, 0.25) is 0 Å². The van der Waals surface area contributed by atoms with Crippen LogP contribution in [0.15, 0.2) is 200 Å². The lowest BCUT2D eigenvalue weighted by Crippen LogP contribution is -1.94. The van der Waals surface area contributed by atoms with Crippen molar-refractivity contribution in [1.82, 2.24) is 4.57 Å². The molecule has 0 fully saturated rings. The minimum Gasteiger partial charge on any atom is -0.309 e. The third-order valence-electron chi connectivity index (χ3n) is 10.6. The number of para-hydroxylation sites is 2. The third kappa shape index (κ3) is 5.42. The predicted octanol–water partition coefficient (Wildman–Crippen LogP) is 14.3. The molecule has 9 aromatic carbocycles. The summed E-state index contributed by atoms with van der Waals surface area (Å²) in [5.41, 5.74) is 13.4. The summed E-state index contributed by atoms with van der Waals surface area (Å²) in [5.74, 6) is 0. The van der Waals surface area contributed by atoms with Crippen LogP contribution < -0.4 is 0 Å². The number of fused-ring (bicyclic) bond motifs is 5. The second-order valence-corrected chi connectivity index (χ2v) is 13.7. The lowest BCUT2D eigenvalue weighted by atomic mass is 9.85. The number of aromatic nitrogens is 1. The maximum Gasteiger partial charge on any atom is 0.0547 e. The van der Waals surface area contributed by atoms with E-state index >= 15 is 0 Å². The normalized spacial score (nSPS) is 11.7. The van der Waals surface area contributed by atoms with Crippen LogP contribution in [-0.2, 0) is 0 Å². The molecule has 0 aliphatic carbocycles. The molecule has 0 spiro atoms. The zero-order valence-corrected chi connectivity index (χ0v) is 29.2. The Morgan fingerprint density at radius 3 is 1.28 bits per heavy atom. The van der Waals surface area contributed by atoms with Gasteiger partial charge in [0.25, 0.3) is 0 Å². The number of nitrogens with zero attached hydrogens (tertiary/aromatic N) is 1. The number of hydrogen-bond donors (Lipinski definition) is 0. The number of hydrogen-bond acceptors (Lipinski definition) is 0. The first kappa shape index (κ1) is 30.8. The maximum atomic E-state index is 2.41. The first-order chi connectivity index (χ1) is 26.3. The van der Waals surface area contributed by atoms with Gasteiger partial charge < -0.3 is 4.57 Å². The van der Waals surface area contributed by atoms with Gasteiger partial charge in [-0.1, -0.05) is 188 Å². The predicted molar refractivity (Wildman–Crippen MR) is 227 cm³/mol. The smallest absolute Gasteiger partial charge is 0.0547 e. The van der Waals surface area contributed by atoms with E-state index in [1.54, 1.807) is 0 Å². The van der Waals surface area contributed by atoms with E-state index in [2.05, 4.69) is 217 Å². The van der Waals surface area contributed by atoms with Gasteiger partial charge in [-0.15, -0.1) is 0 Å². The molecule has 0 bridgehead atoms. The lowest BCUT2D eigenvalue weighted by Gasteiger charge is -2.18. The van der Waals surface area contributed by atoms with Crippen molar-refractivity contribution >= 4 is 55.5 Å². The van der Waals surface area contributed by atoms with Gasteiger partial charge in [0, 0.05) is 16.5 Å². The first-order valence-corrected chi connectivity index (χ1v) is 18.3. The van der Waals surface area contributed by atoms with Gasteiger partial charge in [-0.2, -0.15) is 0 Å². The summed E-state index contributed by atoms with van der Waals surface area (Å²) < 4.78 is 2.41. The molecule has 0 saturated heterocycles. The second kappa shape index (κ2) is 13.0. The maximum absolute atomic E-state index is 2.41. The van der Waals surface area contributed by atoms with Crippen molar-refractivity contribution < 1.29 is 0 Å². The summed E-state index contributed by atoms with van der Waals surface area (Å²) in [5, 5.41) is 7.55. The molecule has 0 atom stereocenters. The van der Waals surface area contributed by atoms with Crippen LogP contribution in [0.1, 0.15) is 11.1 Å². The second-order valence-electron chi connectivity index (χ2n) is 13.7. The van der Waals surface area contributed by atoms with Gasteiger partial charge in [-0.3, -0.25) is 0 Å². The molecule has 10 aromatic rings. The Balaban J connectivity index is 1.08. The van der Waals surface area contributed by atoms with Crippen LogP contribution in [0.25, 0.3) is 94.6 Å². The van der Waals surface area contributed by atoms with E-state index in [1.165, 1.54) is 93.5 Å². The summed E-state index contributed by atoms with van der Waals surface area (Å²) in [6, 6.07) is 72.6. The summed E-state index contributed by atoms with van der Waals surface area (Å²) in [7, 11) is 0. The molecule has 0 unspecified atom stereocenters. The Hall–Kier alpha value is -6.96. The van der Waals surface area contributed by atoms with E-state index in [1.807, 2.05) is 0 Å². The van der Waals surface area contributed by atoms with Gasteiger partial charge in [0.15, 0.2) is 0 Å². The van der Waals surface area contributed by atoms with Gasteiger partial charge in [0.05, 0.1) is 11.0 Å². The molecule has 0 N–H and O–H groups in total. The summed E-state index contributed by atoms with van der Waals surface area (Å²) in [6.45, 7) is 0. The van der Waals surface area contributed by atoms with Crippen LogP contribution in [-0.4, -0.2) is 4.57 Å². The Morgan fingerprint density at radius 2 is 0.698 bits per heavy atom. The van der Waals surface area contributed by atoms with Crippen LogP contribution in [0.4, 0.5) is 0 Å². The van der Waals surface area contributed by atoms with E-state index in [4.69, 9.17) is 0 Å². The van der Waals surface area contributed by atoms with Crippen LogP contribution >= 0.6 is 0 Å². The molecule has 1 heterocycles. The van der Waals surface area contributed by atoms with Gasteiger partial charge >= 0.3 is 0 Å². The average molecular weight is 674 g/mol. The average Bonchev–Trinajstić information content (AvgIpc) is 3.56. The molecule has 0 amide bonds. The Kier molecular flexibility index (Phi) is 7.55. The third-order valence-corrected chi connectivity index (χ3v) is 10.6. The minimum absolute atomic E-state index is 1.17. The molecule has 0 radical (unpaired) electrons. The van der Waals surface area contributed by atoms with Crippen molar-refractivity contribution in [3.05, 3.63) is 211 Å². The SMILES string of the molecule is C(=C\c1ccc(-c2c3ccccc3c(-c3ccc4c5ccccc5n(-c5ccccc5)c4c3)c3ccccc23)cc1)/c1ccc(-c2ccccc2)cc1. The van der Waals surface area contributed by atoms with Crippen molar-refractivity contribution in [3.63, 3.8) is 0 Å². The fraction of sp³-hybridized carbons (Fsp3) is 0. The highest BCUT2D eigenvalue weighted by molar-refractivity contribution is 6.22. The van der Waals surface area contributed by atoms with Crippen molar-refractivity contribution in [3.8, 4) is 39.1 Å². The molecule has 0 aliphatic heterocycles. The fourth-order valence-corrected chi connectivity index (χ4v) is 8.10. The zero-order valence-electron chi connectivity index (χ0n) is 29.2. The van der Waals surface area contributed by atoms with E-state index in [0.717, 1.165) is 0 Å². The highest BCUT2D eigenvalue weighted by atomic mass is 15.0. The molecule has 10 rings (SSSR count). The molecule has 0 saturated carbocycles. The first-order valence-electron chi connectivity index (χ1n) is 18.3. The molecule has 1 nitrogen and oxygen atoms in total. The highest BCUT2D eigenvalue weighted by Crippen LogP contribution is 2.45. The molecule has 0 aliphatic rings. The van der Waals surface area contributed by atoms with E-state index in [0.29, 0.717) is 0 Å². The van der Waals surface area contributed by atoms with E-state index < -0.39 is 0 Å². The van der Waals surface area contributed by atoms with Crippen LogP contribution in [0.3, 0.4) is 0 Å². The van der Waals surface area contributed by atoms with Crippen LogP contribution in [0.5, 0.6) is 0 Å². The standard InChI is InChI=1S/C52H35N/c1-3-13-38(14-4-1)39-29-25-36(26-30-39)23-24-37-27-31-40(32-28-37)51-45-18-7-9-20-47(45)52(48-21-10-8-19-46(48)51)41-33-34-44-43-17-11-12-22-49(43)53(50(44)35-41)42-15-5-2-6-16-42/h1-35H/b24-23+. The van der Waals surface area contributed by atoms with Gasteiger partial charge in [-0.25, -0.2) is 0 Å². The minimum atomic E-state index is 1.17. The Bertz CT molecular complexity index is 2890. The summed E-state index contributed by atoms with van der Waals surface area (Å²) in [6.07, 6.45) is 4.39. The summed E-state index contributed by atoms with van der Waals surface area (Å²) >= 11 is 0. The quantitative estimate of drug-likeness (QED) is 0.122. The largest absolute Gasteiger partial charge is 0.309 e. The molecular weight excluding hydrogens is 639 g/mol. The summed E-state index contributed by atoms with van der Waals surface area (Å²) in [4.78, 5) is 0. The van der Waals surface area contributed by atoms with Crippen molar-refractivity contribution in [2.24, 2.45) is 0 Å². The number of benzene rings is 9. The fourth-order valence-electron chi connectivity index (χ4n) is 8.10. The van der Waals surface area contributed by atoms with Crippen LogP contribution in [0, 0.1) is 0 Å². The molecular formula is C52H35N. The number of rotatable bonds is 6. The van der Waals surface area contributed by atoms with E-state index in [-0.39, 0.29) is 0 Å². The zero-order chi connectivity index (χ0) is 35.1. The van der Waals surface area contributed by atoms with Crippen molar-refractivity contribution in [1.29, 1.82) is 0 Å². The molecule has 248 valence electrons. The monoisotopic (exact) mass is 673 g/mol. The van der Waals surface area contributed by atoms with E-state index in [9.17, 15) is 0 Å². The van der Waals surface area contributed by atoms with Crippen molar-refractivity contribution in [2.45, 2.75) is 0 Å². The lowest BCUT2D eigenvalue weighted by molar-refractivity contribution is 1.18. The van der Waals surface area contributed by atoms with Crippen molar-refractivity contribution in [2.75, 3.05) is 0 Å². The molecule has 1 aromatic heterocycles. The van der Waals surface area contributed by atoms with Gasteiger partial charge in [0.2, 0.25) is 0 Å². The highest BCUT2D eigenvalue weighted by Gasteiger charge is 2.18. The Morgan fingerprint density at radius 1 is 0.283 bits per heavy atom.